The Labute approximate surface area is 156 Å². The highest BCUT2D eigenvalue weighted by Crippen LogP contribution is 2.33. The molecule has 1 aliphatic heterocycles. The average molecular weight is 375 g/mol. The lowest BCUT2D eigenvalue weighted by atomic mass is 10.1. The van der Waals surface area contributed by atoms with Crippen LogP contribution in [0.1, 0.15) is 13.8 Å². The van der Waals surface area contributed by atoms with E-state index in [1.165, 1.54) is 0 Å². The zero-order valence-corrected chi connectivity index (χ0v) is 16.4. The first-order valence-corrected chi connectivity index (χ1v) is 10.7. The number of anilines is 1. The molecule has 0 aromatic heterocycles. The van der Waals surface area contributed by atoms with Crippen molar-refractivity contribution in [2.24, 2.45) is 0 Å². The molecule has 3 rings (SSSR count). The zero-order chi connectivity index (χ0) is 18.8. The number of nitrogen functional groups attached to an aromatic ring is 1. The summed E-state index contributed by atoms with van der Waals surface area (Å²) in [6, 6.07) is 13.9. The molecule has 0 amide bonds. The van der Waals surface area contributed by atoms with Crippen molar-refractivity contribution in [3.63, 3.8) is 0 Å². The van der Waals surface area contributed by atoms with Crippen molar-refractivity contribution in [1.82, 2.24) is 9.38 Å². The number of piperazine rings is 1. The Hall–Kier alpha value is -1.89. The summed E-state index contributed by atoms with van der Waals surface area (Å²) < 4.78 is 26.6. The summed E-state index contributed by atoms with van der Waals surface area (Å²) in [6.45, 7) is 10.6. The highest BCUT2D eigenvalue weighted by molar-refractivity contribution is 7.91. The van der Waals surface area contributed by atoms with Crippen LogP contribution >= 0.6 is 0 Å². The fourth-order valence-corrected chi connectivity index (χ4v) is 5.15. The van der Waals surface area contributed by atoms with Crippen LogP contribution in [0.4, 0.5) is 11.4 Å². The van der Waals surface area contributed by atoms with Gasteiger partial charge in [0.15, 0.2) is 0 Å². The summed E-state index contributed by atoms with van der Waals surface area (Å²) in [4.78, 5) is 2.91. The number of nitrogens with two attached hydrogens (primary N) is 1. The number of hydrogen-bond donors (Lipinski definition) is 1. The summed E-state index contributed by atoms with van der Waals surface area (Å²) in [7, 11) is -3.60. The molecular formula is C20H28N3O2S+. The van der Waals surface area contributed by atoms with Gasteiger partial charge in [-0.15, -0.1) is 0 Å². The fourth-order valence-electron chi connectivity index (χ4n) is 3.76. The Morgan fingerprint density at radius 2 is 1.69 bits per heavy atom. The lowest BCUT2D eigenvalue weighted by Gasteiger charge is -2.43. The van der Waals surface area contributed by atoms with Gasteiger partial charge in [0.25, 0.3) is 0 Å². The maximum absolute atomic E-state index is 12.9. The highest BCUT2D eigenvalue weighted by atomic mass is 32.2. The van der Waals surface area contributed by atoms with E-state index in [9.17, 15) is 8.42 Å². The molecule has 0 unspecified atom stereocenters. The summed E-state index contributed by atoms with van der Waals surface area (Å²) >= 11 is 0. The van der Waals surface area contributed by atoms with Crippen LogP contribution in [0.2, 0.25) is 0 Å². The predicted octanol–water partition coefficient (Wildman–Crippen LogP) is 2.76. The fraction of sp³-hybridized carbons (Fsp3) is 0.400. The minimum Gasteiger partial charge on any atom is -0.397 e. The van der Waals surface area contributed by atoms with Crippen molar-refractivity contribution in [1.29, 1.82) is 0 Å². The molecule has 26 heavy (non-hydrogen) atoms. The Kier molecular flexibility index (Phi) is 5.37. The number of benzene rings is 2. The minimum absolute atomic E-state index is 0.189. The van der Waals surface area contributed by atoms with Gasteiger partial charge in [-0.05, 0) is 31.7 Å². The first-order valence-electron chi connectivity index (χ1n) is 9.21. The second kappa shape index (κ2) is 7.39. The van der Waals surface area contributed by atoms with Crippen molar-refractivity contribution < 1.29 is 8.42 Å². The van der Waals surface area contributed by atoms with Gasteiger partial charge < -0.3 is 5.73 Å². The third-order valence-electron chi connectivity index (χ3n) is 5.63. The first-order chi connectivity index (χ1) is 12.4. The van der Waals surface area contributed by atoms with Gasteiger partial charge in [-0.1, -0.05) is 25.1 Å². The van der Waals surface area contributed by atoms with Crippen LogP contribution in [0.5, 0.6) is 0 Å². The Bertz CT molecular complexity index is 858. The van der Waals surface area contributed by atoms with E-state index < -0.39 is 9.84 Å². The monoisotopic (exact) mass is 374 g/mol. The Morgan fingerprint density at radius 1 is 1.04 bits per heavy atom. The number of sulfone groups is 1. The van der Waals surface area contributed by atoms with Crippen molar-refractivity contribution in [2.75, 3.05) is 45.0 Å². The molecule has 1 saturated heterocycles. The molecule has 2 aromatic rings. The lowest BCUT2D eigenvalue weighted by Crippen LogP contribution is -2.60. The number of likely N-dealkylation sites (N-methyl/N-ethyl adjacent to an activating group) is 2. The van der Waals surface area contributed by atoms with E-state index in [2.05, 4.69) is 18.7 Å². The molecule has 2 aromatic carbocycles. The summed E-state index contributed by atoms with van der Waals surface area (Å²) in [6.07, 6.45) is 0. The van der Waals surface area contributed by atoms with Gasteiger partial charge in [0.05, 0.1) is 35.1 Å². The lowest BCUT2D eigenvalue weighted by molar-refractivity contribution is 0.144. The van der Waals surface area contributed by atoms with Gasteiger partial charge >= 0.3 is 0 Å². The van der Waals surface area contributed by atoms with E-state index >= 15 is 0 Å². The molecule has 0 atom stereocenters. The average Bonchev–Trinajstić information content (AvgIpc) is 2.68. The molecule has 0 radical (unpaired) electrons. The van der Waals surface area contributed by atoms with Gasteiger partial charge in [-0.25, -0.2) is 8.42 Å². The van der Waals surface area contributed by atoms with Crippen molar-refractivity contribution >= 4 is 21.2 Å². The number of hydrogen-bond acceptors (Lipinski definition) is 4. The van der Waals surface area contributed by atoms with E-state index in [-0.39, 0.29) is 9.79 Å². The van der Waals surface area contributed by atoms with Crippen molar-refractivity contribution in [2.45, 2.75) is 23.6 Å². The van der Waals surface area contributed by atoms with Crippen molar-refractivity contribution in [3.8, 4) is 0 Å². The van der Waals surface area contributed by atoms with E-state index in [1.807, 2.05) is 12.1 Å². The van der Waals surface area contributed by atoms with Crippen LogP contribution in [-0.4, -0.2) is 52.6 Å². The maximum atomic E-state index is 12.9. The third kappa shape index (κ3) is 3.37. The third-order valence-corrected chi connectivity index (χ3v) is 7.47. The van der Waals surface area contributed by atoms with E-state index in [0.717, 1.165) is 49.4 Å². The first kappa shape index (κ1) is 18.9. The van der Waals surface area contributed by atoms with Gasteiger partial charge in [0, 0.05) is 25.2 Å². The van der Waals surface area contributed by atoms with Gasteiger partial charge in [-0.3, -0.25) is 9.38 Å². The zero-order valence-electron chi connectivity index (χ0n) is 15.6. The molecule has 1 heterocycles. The number of rotatable bonds is 5. The highest BCUT2D eigenvalue weighted by Gasteiger charge is 2.34. The van der Waals surface area contributed by atoms with Crippen LogP contribution in [0.3, 0.4) is 0 Å². The molecule has 5 nitrogen and oxygen atoms in total. The second-order valence-corrected chi connectivity index (χ2v) is 8.80. The molecule has 140 valence electrons. The van der Waals surface area contributed by atoms with E-state index in [1.54, 1.807) is 36.4 Å². The summed E-state index contributed by atoms with van der Waals surface area (Å²) in [5, 5.41) is 0. The van der Waals surface area contributed by atoms with Crippen LogP contribution < -0.4 is 10.2 Å². The Balaban J connectivity index is 1.95. The van der Waals surface area contributed by atoms with Crippen LogP contribution in [0, 0.1) is 0 Å². The normalized spacial score (nSPS) is 17.9. The van der Waals surface area contributed by atoms with E-state index in [4.69, 9.17) is 5.73 Å². The maximum Gasteiger partial charge on any atom is 0.208 e. The van der Waals surface area contributed by atoms with Crippen molar-refractivity contribution in [3.05, 3.63) is 48.5 Å². The SMILES string of the molecule is CCN1CC[N+](CC)(c2ccc(S(=O)(=O)c3ccccc3)c(N)c2)CC1. The molecule has 0 saturated carbocycles. The molecule has 6 heteroatoms. The molecule has 0 bridgehead atoms. The molecular weight excluding hydrogens is 346 g/mol. The number of quaternary nitrogens is 1. The summed E-state index contributed by atoms with van der Waals surface area (Å²) in [5.41, 5.74) is 7.65. The van der Waals surface area contributed by atoms with Gasteiger partial charge in [-0.2, -0.15) is 0 Å². The van der Waals surface area contributed by atoms with E-state index in [0.29, 0.717) is 5.69 Å². The molecule has 0 spiro atoms. The minimum atomic E-state index is -3.60. The molecule has 0 aliphatic carbocycles. The smallest absolute Gasteiger partial charge is 0.208 e. The molecule has 1 fully saturated rings. The van der Waals surface area contributed by atoms with Crippen LogP contribution in [-0.2, 0) is 9.84 Å². The standard InChI is InChI=1S/C20H28N3O2S/c1-3-22-12-14-23(4-2,15-13-22)17-10-11-20(19(21)16-17)26(24,25)18-8-6-5-7-9-18/h5-11,16H,3-4,12-15,21H2,1-2H3/q+1. The van der Waals surface area contributed by atoms with Gasteiger partial charge in [0.1, 0.15) is 5.69 Å². The molecule has 2 N–H and O–H groups in total. The number of nitrogens with zero attached hydrogens (tertiary/aromatic N) is 2. The van der Waals surface area contributed by atoms with Gasteiger partial charge in [0.2, 0.25) is 9.84 Å². The summed E-state index contributed by atoms with van der Waals surface area (Å²) in [5.74, 6) is 0. The van der Waals surface area contributed by atoms with Crippen LogP contribution in [0.25, 0.3) is 0 Å². The second-order valence-electron chi connectivity index (χ2n) is 6.88. The Morgan fingerprint density at radius 3 is 2.23 bits per heavy atom. The quantitative estimate of drug-likeness (QED) is 0.646. The molecule has 1 aliphatic rings. The largest absolute Gasteiger partial charge is 0.397 e. The van der Waals surface area contributed by atoms with Crippen LogP contribution in [0.15, 0.2) is 58.3 Å². The topological polar surface area (TPSA) is 63.4 Å². The predicted molar refractivity (Wildman–Crippen MR) is 107 cm³/mol.